The normalized spacial score (nSPS) is 10.4. The molecule has 8 heteroatoms. The SMILES string of the molecule is Cc1nc(Nc2ccc(NC(=O)Nc3ccccc3)cc2)cc(-n2ccnc2)n1. The van der Waals surface area contributed by atoms with Crippen molar-refractivity contribution in [2.75, 3.05) is 16.0 Å². The summed E-state index contributed by atoms with van der Waals surface area (Å²) in [6.07, 6.45) is 5.21. The number of anilines is 4. The predicted octanol–water partition coefficient (Wildman–Crippen LogP) is 4.36. The minimum atomic E-state index is -0.298. The summed E-state index contributed by atoms with van der Waals surface area (Å²) in [7, 11) is 0. The van der Waals surface area contributed by atoms with Crippen molar-refractivity contribution in [3.63, 3.8) is 0 Å². The quantitative estimate of drug-likeness (QED) is 0.474. The molecular formula is C21H19N7O. The number of amides is 2. The molecule has 4 aromatic rings. The fraction of sp³-hybridized carbons (Fsp3) is 0.0476. The Morgan fingerprint density at radius 1 is 0.897 bits per heavy atom. The molecule has 3 N–H and O–H groups in total. The number of hydrogen-bond donors (Lipinski definition) is 3. The number of aromatic nitrogens is 4. The molecule has 8 nitrogen and oxygen atoms in total. The monoisotopic (exact) mass is 385 g/mol. The molecular weight excluding hydrogens is 366 g/mol. The van der Waals surface area contributed by atoms with Gasteiger partial charge in [0.15, 0.2) is 0 Å². The fourth-order valence-corrected chi connectivity index (χ4v) is 2.74. The first kappa shape index (κ1) is 18.2. The predicted molar refractivity (Wildman–Crippen MR) is 113 cm³/mol. The molecule has 4 rings (SSSR count). The molecule has 2 aromatic carbocycles. The van der Waals surface area contributed by atoms with Crippen molar-refractivity contribution in [2.45, 2.75) is 6.92 Å². The van der Waals surface area contributed by atoms with Gasteiger partial charge in [0.2, 0.25) is 0 Å². The Hall–Kier alpha value is -4.20. The number of urea groups is 1. The lowest BCUT2D eigenvalue weighted by atomic mass is 10.2. The van der Waals surface area contributed by atoms with Crippen LogP contribution in [0.5, 0.6) is 0 Å². The van der Waals surface area contributed by atoms with Gasteiger partial charge in [-0.1, -0.05) is 18.2 Å². The van der Waals surface area contributed by atoms with Crippen LogP contribution >= 0.6 is 0 Å². The van der Waals surface area contributed by atoms with Gasteiger partial charge < -0.3 is 16.0 Å². The Morgan fingerprint density at radius 2 is 1.59 bits per heavy atom. The summed E-state index contributed by atoms with van der Waals surface area (Å²) >= 11 is 0. The van der Waals surface area contributed by atoms with Crippen molar-refractivity contribution >= 4 is 28.9 Å². The summed E-state index contributed by atoms with van der Waals surface area (Å²) in [4.78, 5) is 25.0. The number of aryl methyl sites for hydroxylation is 1. The molecule has 0 bridgehead atoms. The molecule has 0 unspecified atom stereocenters. The molecule has 2 heterocycles. The number of benzene rings is 2. The number of hydrogen-bond acceptors (Lipinski definition) is 5. The minimum Gasteiger partial charge on any atom is -0.340 e. The highest BCUT2D eigenvalue weighted by molar-refractivity contribution is 5.99. The van der Waals surface area contributed by atoms with Gasteiger partial charge in [0.1, 0.15) is 23.8 Å². The van der Waals surface area contributed by atoms with E-state index in [0.29, 0.717) is 17.3 Å². The van der Waals surface area contributed by atoms with Crippen LogP contribution in [-0.2, 0) is 0 Å². The number of carbonyl (C=O) groups is 1. The zero-order valence-electron chi connectivity index (χ0n) is 15.7. The van der Waals surface area contributed by atoms with Crippen molar-refractivity contribution in [2.24, 2.45) is 0 Å². The van der Waals surface area contributed by atoms with Gasteiger partial charge in [0, 0.05) is 35.5 Å². The second kappa shape index (κ2) is 8.22. The van der Waals surface area contributed by atoms with E-state index in [1.54, 1.807) is 12.5 Å². The standard InChI is InChI=1S/C21H19N7O/c1-15-23-19(13-20(24-15)28-12-11-22-14-28)25-17-7-9-18(10-8-17)27-21(29)26-16-5-3-2-4-6-16/h2-14H,1H3,(H,23,24,25)(H2,26,27,29). The van der Waals surface area contributed by atoms with Crippen LogP contribution in [0.2, 0.25) is 0 Å². The first-order valence-electron chi connectivity index (χ1n) is 9.00. The molecule has 0 saturated heterocycles. The largest absolute Gasteiger partial charge is 0.340 e. The Balaban J connectivity index is 1.41. The number of carbonyl (C=O) groups excluding carboxylic acids is 1. The zero-order chi connectivity index (χ0) is 20.1. The van der Waals surface area contributed by atoms with Crippen molar-refractivity contribution in [3.8, 4) is 5.82 Å². The number of rotatable bonds is 5. The number of nitrogens with one attached hydrogen (secondary N) is 3. The highest BCUT2D eigenvalue weighted by Crippen LogP contribution is 2.19. The molecule has 0 aliphatic rings. The molecule has 0 fully saturated rings. The van der Waals surface area contributed by atoms with E-state index in [2.05, 4.69) is 30.9 Å². The second-order valence-corrected chi connectivity index (χ2v) is 6.28. The van der Waals surface area contributed by atoms with Gasteiger partial charge in [-0.15, -0.1) is 0 Å². The molecule has 29 heavy (non-hydrogen) atoms. The summed E-state index contributed by atoms with van der Waals surface area (Å²) in [6, 6.07) is 18.2. The van der Waals surface area contributed by atoms with Gasteiger partial charge in [-0.2, -0.15) is 0 Å². The summed E-state index contributed by atoms with van der Waals surface area (Å²) in [5.74, 6) is 2.05. The third-order valence-electron chi connectivity index (χ3n) is 4.04. The summed E-state index contributed by atoms with van der Waals surface area (Å²) < 4.78 is 1.82. The first-order valence-corrected chi connectivity index (χ1v) is 9.00. The molecule has 0 radical (unpaired) electrons. The van der Waals surface area contributed by atoms with Crippen LogP contribution in [0.4, 0.5) is 27.7 Å². The van der Waals surface area contributed by atoms with Crippen molar-refractivity contribution in [1.82, 2.24) is 19.5 Å². The molecule has 0 aliphatic carbocycles. The average molecular weight is 385 g/mol. The smallest absolute Gasteiger partial charge is 0.323 e. The Kier molecular flexibility index (Phi) is 5.15. The van der Waals surface area contributed by atoms with Gasteiger partial charge in [-0.25, -0.2) is 19.7 Å². The van der Waals surface area contributed by atoms with E-state index in [1.807, 2.05) is 78.4 Å². The van der Waals surface area contributed by atoms with Crippen LogP contribution in [-0.4, -0.2) is 25.6 Å². The minimum absolute atomic E-state index is 0.298. The molecule has 0 spiro atoms. The van der Waals surface area contributed by atoms with E-state index in [1.165, 1.54) is 0 Å². The molecule has 144 valence electrons. The Bertz CT molecular complexity index is 1090. The van der Waals surface area contributed by atoms with E-state index in [9.17, 15) is 4.79 Å². The highest BCUT2D eigenvalue weighted by atomic mass is 16.2. The highest BCUT2D eigenvalue weighted by Gasteiger charge is 2.06. The summed E-state index contributed by atoms with van der Waals surface area (Å²) in [5.41, 5.74) is 2.26. The third-order valence-corrected chi connectivity index (χ3v) is 4.04. The lowest BCUT2D eigenvalue weighted by Crippen LogP contribution is -2.19. The number of para-hydroxylation sites is 1. The Morgan fingerprint density at radius 3 is 2.28 bits per heavy atom. The van der Waals surface area contributed by atoms with E-state index < -0.39 is 0 Å². The third kappa shape index (κ3) is 4.75. The maximum Gasteiger partial charge on any atom is 0.323 e. The van der Waals surface area contributed by atoms with Crippen LogP contribution in [0.15, 0.2) is 79.4 Å². The Labute approximate surface area is 167 Å². The van der Waals surface area contributed by atoms with E-state index in [-0.39, 0.29) is 6.03 Å². The van der Waals surface area contributed by atoms with Crippen LogP contribution in [0.25, 0.3) is 5.82 Å². The van der Waals surface area contributed by atoms with Gasteiger partial charge >= 0.3 is 6.03 Å². The maximum absolute atomic E-state index is 12.1. The van der Waals surface area contributed by atoms with Crippen molar-refractivity contribution in [3.05, 3.63) is 85.2 Å². The topological polar surface area (TPSA) is 96.8 Å². The van der Waals surface area contributed by atoms with Crippen LogP contribution < -0.4 is 16.0 Å². The van der Waals surface area contributed by atoms with Crippen molar-refractivity contribution in [1.29, 1.82) is 0 Å². The lowest BCUT2D eigenvalue weighted by molar-refractivity contribution is 0.262. The van der Waals surface area contributed by atoms with Crippen molar-refractivity contribution < 1.29 is 4.79 Å². The summed E-state index contributed by atoms with van der Waals surface area (Å²) in [6.45, 7) is 1.84. The average Bonchev–Trinajstić information content (AvgIpc) is 3.25. The lowest BCUT2D eigenvalue weighted by Gasteiger charge is -2.11. The summed E-state index contributed by atoms with van der Waals surface area (Å²) in [5, 5.41) is 8.84. The maximum atomic E-state index is 12.1. The second-order valence-electron chi connectivity index (χ2n) is 6.28. The van der Waals surface area contributed by atoms with E-state index in [0.717, 1.165) is 17.2 Å². The van der Waals surface area contributed by atoms with Gasteiger partial charge in [-0.3, -0.25) is 4.57 Å². The first-order chi connectivity index (χ1) is 14.2. The van der Waals surface area contributed by atoms with Gasteiger partial charge in [-0.05, 0) is 43.3 Å². The van der Waals surface area contributed by atoms with Gasteiger partial charge in [0.25, 0.3) is 0 Å². The molecule has 2 amide bonds. The van der Waals surface area contributed by atoms with Gasteiger partial charge in [0.05, 0.1) is 0 Å². The van der Waals surface area contributed by atoms with E-state index >= 15 is 0 Å². The van der Waals surface area contributed by atoms with Crippen LogP contribution in [0.1, 0.15) is 5.82 Å². The number of nitrogens with zero attached hydrogens (tertiary/aromatic N) is 4. The van der Waals surface area contributed by atoms with E-state index in [4.69, 9.17) is 0 Å². The number of imidazole rings is 1. The molecule has 2 aromatic heterocycles. The molecule has 0 aliphatic heterocycles. The molecule has 0 atom stereocenters. The van der Waals surface area contributed by atoms with Crippen LogP contribution in [0, 0.1) is 6.92 Å². The zero-order valence-corrected chi connectivity index (χ0v) is 15.7. The van der Waals surface area contributed by atoms with Crippen LogP contribution in [0.3, 0.4) is 0 Å². The molecule has 0 saturated carbocycles. The fourth-order valence-electron chi connectivity index (χ4n) is 2.74.